The molecule has 5 aromatic rings. The zero-order valence-corrected chi connectivity index (χ0v) is 24.4. The summed E-state index contributed by atoms with van der Waals surface area (Å²) in [6, 6.07) is 17.0. The summed E-state index contributed by atoms with van der Waals surface area (Å²) in [4.78, 5) is 13.2. The van der Waals surface area contributed by atoms with Gasteiger partial charge in [-0.05, 0) is 50.7 Å². The molecule has 0 saturated heterocycles. The minimum absolute atomic E-state index is 0.342. The summed E-state index contributed by atoms with van der Waals surface area (Å²) in [6.07, 6.45) is 13.6. The maximum atomic E-state index is 5.29. The van der Waals surface area contributed by atoms with Crippen molar-refractivity contribution in [2.24, 2.45) is 0 Å². The lowest BCUT2D eigenvalue weighted by Gasteiger charge is -2.39. The lowest BCUT2D eigenvalue weighted by atomic mass is 9.72. The first-order valence-corrected chi connectivity index (χ1v) is 13.8. The second kappa shape index (κ2) is 9.99. The number of nitrogens with zero attached hydrogens (tertiary/aromatic N) is 5. The van der Waals surface area contributed by atoms with Crippen molar-refractivity contribution in [1.29, 1.82) is 0 Å². The molecule has 0 bridgehead atoms. The van der Waals surface area contributed by atoms with Crippen molar-refractivity contribution in [3.05, 3.63) is 103 Å². The fourth-order valence-corrected chi connectivity index (χ4v) is 5.17. The topological polar surface area (TPSA) is 55.3 Å². The van der Waals surface area contributed by atoms with E-state index in [9.17, 15) is 0 Å². The van der Waals surface area contributed by atoms with Crippen molar-refractivity contribution in [3.63, 3.8) is 0 Å². The van der Waals surface area contributed by atoms with Crippen LogP contribution >= 0.6 is 0 Å². The van der Waals surface area contributed by atoms with Gasteiger partial charge in [-0.1, -0.05) is 76.2 Å². The zero-order chi connectivity index (χ0) is 27.9. The number of aromatic amines is 1. The molecule has 3 aromatic heterocycles. The molecule has 1 N–H and O–H groups in total. The van der Waals surface area contributed by atoms with Gasteiger partial charge in [0.05, 0.1) is 22.6 Å². The summed E-state index contributed by atoms with van der Waals surface area (Å²) in [6.45, 7) is 18.1. The van der Waals surface area contributed by atoms with E-state index < -0.39 is 0 Å². The number of nitrogens with one attached hydrogen (secondary N) is 1. The quantitative estimate of drug-likeness (QED) is 0.175. The van der Waals surface area contributed by atoms with Gasteiger partial charge in [0.15, 0.2) is 11.6 Å². The zero-order valence-electron chi connectivity index (χ0n) is 24.4. The minimum atomic E-state index is -0.353. The van der Waals surface area contributed by atoms with E-state index in [1.807, 2.05) is 29.0 Å². The van der Waals surface area contributed by atoms with E-state index in [2.05, 4.69) is 130 Å². The Hall–Kier alpha value is -3.93. The maximum absolute atomic E-state index is 5.29. The molecule has 3 heterocycles. The molecule has 0 aliphatic rings. The molecule has 39 heavy (non-hydrogen) atoms. The monoisotopic (exact) mass is 520 g/mol. The van der Waals surface area contributed by atoms with Gasteiger partial charge in [0, 0.05) is 36.4 Å². The highest BCUT2D eigenvalue weighted by molar-refractivity contribution is 5.59. The number of aromatic nitrogens is 6. The minimum Gasteiger partial charge on any atom is -0.342 e. The van der Waals surface area contributed by atoms with Crippen LogP contribution in [-0.2, 0) is 11.0 Å². The first-order valence-electron chi connectivity index (χ1n) is 13.8. The van der Waals surface area contributed by atoms with Gasteiger partial charge in [0.2, 0.25) is 6.33 Å². The molecular formula is C33H40N6. The van der Waals surface area contributed by atoms with Crippen LogP contribution in [0.3, 0.4) is 0 Å². The van der Waals surface area contributed by atoms with Gasteiger partial charge in [-0.15, -0.1) is 0 Å². The fraction of sp³-hybridized carbons (Fsp3) is 0.364. The van der Waals surface area contributed by atoms with E-state index in [0.29, 0.717) is 11.8 Å². The van der Waals surface area contributed by atoms with Crippen LogP contribution in [0.2, 0.25) is 0 Å². The Kier molecular flexibility index (Phi) is 6.83. The summed E-state index contributed by atoms with van der Waals surface area (Å²) in [5, 5.41) is 0. The standard InChI is InChI=1S/C33H40N6/c1-23(2)26-15-12-16-27(24(3)4)29(26)39-21-28(36-31(39)30-34-17-18-35-30)32(5,6)33(7,8)38-20-19-37(22-38)25-13-10-9-11-14-25/h9-21,23-24H,1-8H3,(H,34,35). The van der Waals surface area contributed by atoms with Gasteiger partial charge in [-0.25, -0.2) is 9.97 Å². The number of hydrogen-bond acceptors (Lipinski definition) is 2. The van der Waals surface area contributed by atoms with Crippen LogP contribution in [-0.4, -0.2) is 24.1 Å². The van der Waals surface area contributed by atoms with E-state index >= 15 is 0 Å². The highest BCUT2D eigenvalue weighted by atomic mass is 15.2. The van der Waals surface area contributed by atoms with E-state index in [1.165, 1.54) is 16.8 Å². The lowest BCUT2D eigenvalue weighted by molar-refractivity contribution is -0.600. The summed E-state index contributed by atoms with van der Waals surface area (Å²) in [5.41, 5.74) is 5.20. The molecular weight excluding hydrogens is 480 g/mol. The van der Waals surface area contributed by atoms with Crippen LogP contribution in [0.1, 0.15) is 84.0 Å². The number of para-hydroxylation sites is 2. The third kappa shape index (κ3) is 4.62. The van der Waals surface area contributed by atoms with Gasteiger partial charge >= 0.3 is 0 Å². The Labute approximate surface area is 232 Å². The number of imidazole rings is 3. The summed E-state index contributed by atoms with van der Waals surface area (Å²) in [7, 11) is 0. The molecule has 0 atom stereocenters. The van der Waals surface area contributed by atoms with E-state index in [0.717, 1.165) is 23.0 Å². The smallest absolute Gasteiger partial charge is 0.243 e. The second-order valence-electron chi connectivity index (χ2n) is 12.0. The molecule has 202 valence electrons. The predicted molar refractivity (Wildman–Crippen MR) is 156 cm³/mol. The van der Waals surface area contributed by atoms with Crippen LogP contribution in [0.5, 0.6) is 0 Å². The van der Waals surface area contributed by atoms with Crippen LogP contribution < -0.4 is 4.57 Å². The van der Waals surface area contributed by atoms with Crippen molar-refractivity contribution in [2.45, 2.75) is 78.2 Å². The van der Waals surface area contributed by atoms with E-state index in [-0.39, 0.29) is 11.0 Å². The molecule has 5 rings (SSSR count). The highest BCUT2D eigenvalue weighted by Gasteiger charge is 2.45. The van der Waals surface area contributed by atoms with Crippen molar-refractivity contribution in [2.75, 3.05) is 0 Å². The van der Waals surface area contributed by atoms with Gasteiger partial charge in [-0.3, -0.25) is 4.57 Å². The normalized spacial score (nSPS) is 12.6. The van der Waals surface area contributed by atoms with E-state index in [1.54, 1.807) is 6.20 Å². The maximum Gasteiger partial charge on any atom is 0.243 e. The van der Waals surface area contributed by atoms with Crippen LogP contribution in [0.4, 0.5) is 0 Å². The van der Waals surface area contributed by atoms with Gasteiger partial charge in [-0.2, -0.15) is 0 Å². The summed E-state index contributed by atoms with van der Waals surface area (Å²) in [5.74, 6) is 2.31. The third-order valence-electron chi connectivity index (χ3n) is 8.39. The molecule has 0 amide bonds. The Bertz CT molecular complexity index is 1520. The Morgan fingerprint density at radius 1 is 0.897 bits per heavy atom. The van der Waals surface area contributed by atoms with Crippen molar-refractivity contribution >= 4 is 0 Å². The van der Waals surface area contributed by atoms with Crippen molar-refractivity contribution in [1.82, 2.24) is 24.1 Å². The largest absolute Gasteiger partial charge is 0.342 e. The van der Waals surface area contributed by atoms with E-state index in [4.69, 9.17) is 4.98 Å². The number of rotatable bonds is 8. The van der Waals surface area contributed by atoms with Crippen LogP contribution in [0.25, 0.3) is 23.0 Å². The molecule has 0 unspecified atom stereocenters. The lowest BCUT2D eigenvalue weighted by Crippen LogP contribution is -2.46. The molecule has 0 aliphatic heterocycles. The molecule has 0 fully saturated rings. The second-order valence-corrected chi connectivity index (χ2v) is 12.0. The average Bonchev–Trinajstić information content (AvgIpc) is 3.69. The van der Waals surface area contributed by atoms with Crippen LogP contribution in [0.15, 0.2) is 79.5 Å². The van der Waals surface area contributed by atoms with Crippen LogP contribution in [0, 0.1) is 6.33 Å². The Morgan fingerprint density at radius 2 is 1.56 bits per heavy atom. The number of H-pyrrole nitrogens is 1. The first-order chi connectivity index (χ1) is 18.5. The molecule has 6 heteroatoms. The Morgan fingerprint density at radius 3 is 2.15 bits per heavy atom. The molecule has 0 aliphatic carbocycles. The van der Waals surface area contributed by atoms with Gasteiger partial charge < -0.3 is 14.1 Å². The molecule has 0 saturated carbocycles. The molecule has 0 spiro atoms. The fourth-order valence-electron chi connectivity index (χ4n) is 5.17. The first kappa shape index (κ1) is 26.7. The SMILES string of the molecule is CC(C)c1cccc(C(C)C)c1-n1cc(C(C)(C)C(C)(C)n2[c-][n+](-c3ccccc3)cc2)nc1-c1ncc[nH]1. The third-order valence-corrected chi connectivity index (χ3v) is 8.39. The molecule has 2 aromatic carbocycles. The summed E-state index contributed by atoms with van der Waals surface area (Å²) >= 11 is 0. The van der Waals surface area contributed by atoms with Gasteiger partial charge in [0.25, 0.3) is 0 Å². The van der Waals surface area contributed by atoms with Crippen molar-refractivity contribution in [3.8, 4) is 23.0 Å². The average molecular weight is 521 g/mol. The predicted octanol–water partition coefficient (Wildman–Crippen LogP) is 7.10. The van der Waals surface area contributed by atoms with Gasteiger partial charge in [0.1, 0.15) is 0 Å². The molecule has 0 radical (unpaired) electrons. The number of hydrogen-bond donors (Lipinski definition) is 1. The Balaban J connectivity index is 1.67. The van der Waals surface area contributed by atoms with Crippen molar-refractivity contribution < 1.29 is 4.57 Å². The number of benzene rings is 2. The molecule has 6 nitrogen and oxygen atoms in total. The highest BCUT2D eigenvalue weighted by Crippen LogP contribution is 2.42. The summed E-state index contributed by atoms with van der Waals surface area (Å²) < 4.78 is 6.48.